The standard InChI is InChI=1S/C20H26N2O3/c23-19(22-18-11-3-1-2-9-16(18)20(24)25)12-6-7-14-13-21-17-10-5-4-8-15(14)17/h4-5,8,10,13,16,18,21H,1-3,6-7,9,11-12H2,(H,22,23)(H,24,25)/t16-,18+/m1/s1. The summed E-state index contributed by atoms with van der Waals surface area (Å²) < 4.78 is 0. The summed E-state index contributed by atoms with van der Waals surface area (Å²) in [5, 5.41) is 13.6. The minimum absolute atomic E-state index is 0.0296. The first-order valence-electron chi connectivity index (χ1n) is 9.22. The Morgan fingerprint density at radius 1 is 1.16 bits per heavy atom. The van der Waals surface area contributed by atoms with Crippen LogP contribution in [0.2, 0.25) is 0 Å². The van der Waals surface area contributed by atoms with Gasteiger partial charge in [-0.2, -0.15) is 0 Å². The Bertz CT molecular complexity index is 737. The number of rotatable bonds is 6. The van der Waals surface area contributed by atoms with E-state index >= 15 is 0 Å². The molecule has 1 saturated carbocycles. The lowest BCUT2D eigenvalue weighted by molar-refractivity contribution is -0.143. The van der Waals surface area contributed by atoms with Crippen LogP contribution < -0.4 is 5.32 Å². The largest absolute Gasteiger partial charge is 0.481 e. The monoisotopic (exact) mass is 342 g/mol. The highest BCUT2D eigenvalue weighted by Crippen LogP contribution is 2.24. The van der Waals surface area contributed by atoms with Crippen molar-refractivity contribution < 1.29 is 14.7 Å². The first-order valence-corrected chi connectivity index (χ1v) is 9.22. The molecule has 1 aliphatic rings. The highest BCUT2D eigenvalue weighted by molar-refractivity contribution is 5.83. The van der Waals surface area contributed by atoms with Crippen molar-refractivity contribution in [2.75, 3.05) is 0 Å². The van der Waals surface area contributed by atoms with Crippen LogP contribution in [0.25, 0.3) is 10.9 Å². The van der Waals surface area contributed by atoms with Crippen LogP contribution in [-0.2, 0) is 16.0 Å². The molecule has 5 heteroatoms. The normalized spacial score (nSPS) is 21.0. The van der Waals surface area contributed by atoms with Gasteiger partial charge in [-0.25, -0.2) is 0 Å². The van der Waals surface area contributed by atoms with Gasteiger partial charge in [0.15, 0.2) is 0 Å². The summed E-state index contributed by atoms with van der Waals surface area (Å²) in [5.41, 5.74) is 2.34. The molecule has 2 atom stereocenters. The molecule has 2 aromatic rings. The second-order valence-corrected chi connectivity index (χ2v) is 6.97. The number of aromatic nitrogens is 1. The summed E-state index contributed by atoms with van der Waals surface area (Å²) in [7, 11) is 0. The number of nitrogens with one attached hydrogen (secondary N) is 2. The van der Waals surface area contributed by atoms with Gasteiger partial charge in [0.1, 0.15) is 0 Å². The maximum Gasteiger partial charge on any atom is 0.308 e. The van der Waals surface area contributed by atoms with E-state index in [1.807, 2.05) is 24.4 Å². The van der Waals surface area contributed by atoms with Gasteiger partial charge in [0, 0.05) is 29.6 Å². The van der Waals surface area contributed by atoms with E-state index < -0.39 is 11.9 Å². The van der Waals surface area contributed by atoms with E-state index in [0.29, 0.717) is 12.8 Å². The van der Waals surface area contributed by atoms with Gasteiger partial charge >= 0.3 is 5.97 Å². The predicted molar refractivity (Wildman–Crippen MR) is 97.4 cm³/mol. The first kappa shape index (κ1) is 17.5. The molecule has 0 spiro atoms. The van der Waals surface area contributed by atoms with Crippen molar-refractivity contribution in [3.05, 3.63) is 36.0 Å². The number of carbonyl (C=O) groups excluding carboxylic acids is 1. The third kappa shape index (κ3) is 4.41. The van der Waals surface area contributed by atoms with Crippen molar-refractivity contribution in [3.8, 4) is 0 Å². The van der Waals surface area contributed by atoms with Crippen LogP contribution in [0.15, 0.2) is 30.5 Å². The molecule has 1 aromatic heterocycles. The minimum Gasteiger partial charge on any atom is -0.481 e. The number of carbonyl (C=O) groups is 2. The molecule has 25 heavy (non-hydrogen) atoms. The summed E-state index contributed by atoms with van der Waals surface area (Å²) in [5.74, 6) is -1.26. The van der Waals surface area contributed by atoms with Crippen molar-refractivity contribution in [3.63, 3.8) is 0 Å². The molecule has 134 valence electrons. The van der Waals surface area contributed by atoms with Gasteiger partial charge in [-0.05, 0) is 37.3 Å². The van der Waals surface area contributed by atoms with Crippen molar-refractivity contribution in [1.82, 2.24) is 10.3 Å². The van der Waals surface area contributed by atoms with Gasteiger partial charge in [-0.3, -0.25) is 9.59 Å². The number of carboxylic acids is 1. The van der Waals surface area contributed by atoms with Crippen molar-refractivity contribution >= 4 is 22.8 Å². The van der Waals surface area contributed by atoms with E-state index in [1.165, 1.54) is 10.9 Å². The highest BCUT2D eigenvalue weighted by atomic mass is 16.4. The number of carboxylic acid groups (broad SMARTS) is 1. The van der Waals surface area contributed by atoms with Crippen LogP contribution in [0.3, 0.4) is 0 Å². The Morgan fingerprint density at radius 3 is 2.80 bits per heavy atom. The lowest BCUT2D eigenvalue weighted by Crippen LogP contribution is -2.42. The molecule has 0 unspecified atom stereocenters. The molecule has 0 radical (unpaired) electrons. The molecule has 0 aliphatic heterocycles. The zero-order valence-electron chi connectivity index (χ0n) is 14.5. The average Bonchev–Trinajstić information content (AvgIpc) is 2.85. The number of para-hydroxylation sites is 1. The highest BCUT2D eigenvalue weighted by Gasteiger charge is 2.30. The van der Waals surface area contributed by atoms with Crippen LogP contribution in [0, 0.1) is 5.92 Å². The van der Waals surface area contributed by atoms with E-state index in [4.69, 9.17) is 0 Å². The number of H-pyrrole nitrogens is 1. The predicted octanol–water partition coefficient (Wildman–Crippen LogP) is 3.64. The summed E-state index contributed by atoms with van der Waals surface area (Å²) in [4.78, 5) is 27.0. The molecular formula is C20H26N2O3. The van der Waals surface area contributed by atoms with Crippen molar-refractivity contribution in [1.29, 1.82) is 0 Å². The molecule has 1 heterocycles. The van der Waals surface area contributed by atoms with Crippen LogP contribution in [0.1, 0.15) is 50.5 Å². The number of hydrogen-bond acceptors (Lipinski definition) is 2. The Hall–Kier alpha value is -2.30. The second-order valence-electron chi connectivity index (χ2n) is 6.97. The summed E-state index contributed by atoms with van der Waals surface area (Å²) in [6.07, 6.45) is 8.45. The number of amides is 1. The fourth-order valence-corrected chi connectivity index (χ4v) is 3.83. The number of hydrogen-bond donors (Lipinski definition) is 3. The number of benzene rings is 1. The van der Waals surface area contributed by atoms with Gasteiger partial charge in [0.05, 0.1) is 5.92 Å². The number of fused-ring (bicyclic) bond motifs is 1. The van der Waals surface area contributed by atoms with E-state index in [0.717, 1.165) is 44.0 Å². The van der Waals surface area contributed by atoms with E-state index in [9.17, 15) is 14.7 Å². The summed E-state index contributed by atoms with van der Waals surface area (Å²) in [6, 6.07) is 7.93. The molecule has 1 fully saturated rings. The minimum atomic E-state index is -0.786. The van der Waals surface area contributed by atoms with Crippen LogP contribution >= 0.6 is 0 Å². The van der Waals surface area contributed by atoms with Crippen LogP contribution in [0.4, 0.5) is 0 Å². The molecular weight excluding hydrogens is 316 g/mol. The number of aromatic amines is 1. The molecule has 0 saturated heterocycles. The van der Waals surface area contributed by atoms with E-state index in [-0.39, 0.29) is 11.9 Å². The number of aryl methyl sites for hydroxylation is 1. The third-order valence-electron chi connectivity index (χ3n) is 5.20. The zero-order chi connectivity index (χ0) is 17.6. The van der Waals surface area contributed by atoms with Gasteiger partial charge in [-0.15, -0.1) is 0 Å². The molecule has 3 N–H and O–H groups in total. The van der Waals surface area contributed by atoms with E-state index in [1.54, 1.807) is 0 Å². The van der Waals surface area contributed by atoms with Crippen molar-refractivity contribution in [2.24, 2.45) is 5.92 Å². The maximum atomic E-state index is 12.3. The molecule has 0 bridgehead atoms. The topological polar surface area (TPSA) is 82.2 Å². The summed E-state index contributed by atoms with van der Waals surface area (Å²) >= 11 is 0. The van der Waals surface area contributed by atoms with Crippen LogP contribution in [-0.4, -0.2) is 28.0 Å². The molecule has 3 rings (SSSR count). The quantitative estimate of drug-likeness (QED) is 0.701. The molecule has 1 aliphatic carbocycles. The van der Waals surface area contributed by atoms with Gasteiger partial charge in [0.2, 0.25) is 5.91 Å². The van der Waals surface area contributed by atoms with Crippen molar-refractivity contribution in [2.45, 2.75) is 57.4 Å². The zero-order valence-corrected chi connectivity index (χ0v) is 14.5. The van der Waals surface area contributed by atoms with Gasteiger partial charge in [-0.1, -0.05) is 37.5 Å². The molecule has 1 aromatic carbocycles. The average molecular weight is 342 g/mol. The van der Waals surface area contributed by atoms with E-state index in [2.05, 4.69) is 16.4 Å². The second kappa shape index (κ2) is 8.19. The van der Waals surface area contributed by atoms with Gasteiger partial charge in [0.25, 0.3) is 0 Å². The van der Waals surface area contributed by atoms with Gasteiger partial charge < -0.3 is 15.4 Å². The first-order chi connectivity index (χ1) is 12.1. The summed E-state index contributed by atoms with van der Waals surface area (Å²) in [6.45, 7) is 0. The lowest BCUT2D eigenvalue weighted by Gasteiger charge is -2.22. The lowest BCUT2D eigenvalue weighted by atomic mass is 9.94. The third-order valence-corrected chi connectivity index (χ3v) is 5.20. The van der Waals surface area contributed by atoms with Crippen LogP contribution in [0.5, 0.6) is 0 Å². The molecule has 5 nitrogen and oxygen atoms in total. The Balaban J connectivity index is 1.51. The fraction of sp³-hybridized carbons (Fsp3) is 0.500. The fourth-order valence-electron chi connectivity index (χ4n) is 3.83. The Morgan fingerprint density at radius 2 is 1.96 bits per heavy atom. The Kier molecular flexibility index (Phi) is 5.74. The number of aliphatic carboxylic acids is 1. The smallest absolute Gasteiger partial charge is 0.308 e. The maximum absolute atomic E-state index is 12.3. The Labute approximate surface area is 147 Å². The SMILES string of the molecule is O=C(CCCc1c[nH]c2ccccc12)N[C@H]1CCCCC[C@H]1C(=O)O. The molecule has 1 amide bonds.